The Morgan fingerprint density at radius 3 is 2.61 bits per heavy atom. The van der Waals surface area contributed by atoms with Crippen LogP contribution in [0, 0.1) is 11.8 Å². The number of nitrogens with one attached hydrogen (secondary N) is 1. The van der Waals surface area contributed by atoms with Crippen LogP contribution < -0.4 is 4.90 Å². The average molecular weight is 248 g/mol. The molecule has 18 heavy (non-hydrogen) atoms. The molecule has 3 N–H and O–H groups in total. The predicted molar refractivity (Wildman–Crippen MR) is 67.3 cm³/mol. The van der Waals surface area contributed by atoms with Crippen molar-refractivity contribution < 1.29 is 10.2 Å². The monoisotopic (exact) mass is 248 g/mol. The summed E-state index contributed by atoms with van der Waals surface area (Å²) in [5.74, 6) is 1.06. The molecule has 0 spiro atoms. The van der Waals surface area contributed by atoms with E-state index < -0.39 is 0 Å². The fourth-order valence-corrected chi connectivity index (χ4v) is 2.62. The first-order chi connectivity index (χ1) is 8.83. The number of aromatic nitrogens is 3. The van der Waals surface area contributed by atoms with E-state index >= 15 is 0 Å². The zero-order valence-corrected chi connectivity index (χ0v) is 9.95. The van der Waals surface area contributed by atoms with Crippen molar-refractivity contribution in [1.82, 2.24) is 15.0 Å². The minimum Gasteiger partial charge on any atom is -0.396 e. The van der Waals surface area contributed by atoms with Crippen molar-refractivity contribution in [3.8, 4) is 0 Å². The maximum atomic E-state index is 9.33. The van der Waals surface area contributed by atoms with Gasteiger partial charge in [-0.15, -0.1) is 0 Å². The van der Waals surface area contributed by atoms with Crippen molar-refractivity contribution in [2.45, 2.75) is 0 Å². The van der Waals surface area contributed by atoms with E-state index in [1.54, 1.807) is 6.33 Å². The van der Waals surface area contributed by atoms with Crippen LogP contribution >= 0.6 is 0 Å². The zero-order valence-electron chi connectivity index (χ0n) is 9.95. The second-order valence-electron chi connectivity index (χ2n) is 4.73. The van der Waals surface area contributed by atoms with E-state index in [-0.39, 0.29) is 25.0 Å². The largest absolute Gasteiger partial charge is 0.396 e. The lowest BCUT2D eigenvalue weighted by Crippen LogP contribution is -2.22. The molecular formula is C12H16N4O2. The Morgan fingerprint density at radius 1 is 1.22 bits per heavy atom. The van der Waals surface area contributed by atoms with Crippen molar-refractivity contribution in [2.75, 3.05) is 31.2 Å². The minimum absolute atomic E-state index is 0.0979. The van der Waals surface area contributed by atoms with E-state index in [1.807, 2.05) is 12.3 Å². The van der Waals surface area contributed by atoms with E-state index in [0.29, 0.717) is 13.1 Å². The van der Waals surface area contributed by atoms with Crippen molar-refractivity contribution in [2.24, 2.45) is 11.8 Å². The third-order valence-electron chi connectivity index (χ3n) is 3.67. The van der Waals surface area contributed by atoms with Gasteiger partial charge in [-0.25, -0.2) is 9.97 Å². The van der Waals surface area contributed by atoms with Crippen LogP contribution in [0.4, 0.5) is 5.82 Å². The first-order valence-corrected chi connectivity index (χ1v) is 6.08. The number of aliphatic hydroxyl groups is 2. The third kappa shape index (κ3) is 1.74. The van der Waals surface area contributed by atoms with Crippen molar-refractivity contribution >= 4 is 16.9 Å². The lowest BCUT2D eigenvalue weighted by atomic mass is 9.98. The summed E-state index contributed by atoms with van der Waals surface area (Å²) < 4.78 is 0. The van der Waals surface area contributed by atoms with Crippen LogP contribution in [0.25, 0.3) is 11.0 Å². The highest BCUT2D eigenvalue weighted by Gasteiger charge is 2.33. The Hall–Kier alpha value is -1.66. The summed E-state index contributed by atoms with van der Waals surface area (Å²) in [6.07, 6.45) is 3.39. The number of hydrogen-bond donors (Lipinski definition) is 3. The number of aromatic amines is 1. The molecule has 1 fully saturated rings. The van der Waals surface area contributed by atoms with E-state index in [1.165, 1.54) is 0 Å². The minimum atomic E-state index is 0.0979. The molecule has 1 saturated heterocycles. The van der Waals surface area contributed by atoms with Crippen LogP contribution in [0.5, 0.6) is 0 Å². The number of aliphatic hydroxyl groups excluding tert-OH is 2. The van der Waals surface area contributed by atoms with Gasteiger partial charge in [-0.05, 0) is 6.07 Å². The molecule has 0 bridgehead atoms. The zero-order chi connectivity index (χ0) is 12.5. The molecular weight excluding hydrogens is 232 g/mol. The van der Waals surface area contributed by atoms with Gasteiger partial charge in [0.25, 0.3) is 0 Å². The summed E-state index contributed by atoms with van der Waals surface area (Å²) in [5.41, 5.74) is 1.79. The molecule has 0 radical (unpaired) electrons. The van der Waals surface area contributed by atoms with Crippen LogP contribution in [0.2, 0.25) is 0 Å². The average Bonchev–Trinajstić information content (AvgIpc) is 3.04. The molecule has 1 aliphatic heterocycles. The summed E-state index contributed by atoms with van der Waals surface area (Å²) in [6.45, 7) is 1.63. The number of H-pyrrole nitrogens is 1. The van der Waals surface area contributed by atoms with E-state index in [4.69, 9.17) is 0 Å². The SMILES string of the molecule is OC[C@@H]1CN(c2ncnc3cc[nH]c23)C[C@H]1CO. The van der Waals surface area contributed by atoms with E-state index in [9.17, 15) is 10.2 Å². The van der Waals surface area contributed by atoms with Gasteiger partial charge in [-0.2, -0.15) is 0 Å². The Morgan fingerprint density at radius 2 is 1.94 bits per heavy atom. The highest BCUT2D eigenvalue weighted by Crippen LogP contribution is 2.29. The maximum Gasteiger partial charge on any atom is 0.156 e. The summed E-state index contributed by atoms with van der Waals surface area (Å²) in [4.78, 5) is 13.7. The van der Waals surface area contributed by atoms with Gasteiger partial charge in [0.05, 0.1) is 5.52 Å². The fourth-order valence-electron chi connectivity index (χ4n) is 2.62. The smallest absolute Gasteiger partial charge is 0.156 e. The summed E-state index contributed by atoms with van der Waals surface area (Å²) >= 11 is 0. The number of anilines is 1. The van der Waals surface area contributed by atoms with Gasteiger partial charge in [-0.3, -0.25) is 0 Å². The predicted octanol–water partition coefficient (Wildman–Crippen LogP) is -0.00510. The standard InChI is InChI=1S/C12H16N4O2/c17-5-8-3-16(4-9(8)6-18)12-11-10(1-2-13-11)14-7-15-12/h1-2,7-9,13,17-18H,3-6H2/t8-,9-/m0/s1. The molecule has 0 aromatic carbocycles. The van der Waals surface area contributed by atoms with Crippen molar-refractivity contribution in [3.05, 3.63) is 18.6 Å². The molecule has 6 heteroatoms. The fraction of sp³-hybridized carbons (Fsp3) is 0.500. The molecule has 3 heterocycles. The van der Waals surface area contributed by atoms with Crippen LogP contribution in [-0.4, -0.2) is 51.5 Å². The maximum absolute atomic E-state index is 9.33. The first-order valence-electron chi connectivity index (χ1n) is 6.08. The van der Waals surface area contributed by atoms with Gasteiger partial charge in [0.2, 0.25) is 0 Å². The molecule has 0 unspecified atom stereocenters. The molecule has 2 aromatic heterocycles. The Labute approximate surface area is 104 Å². The molecule has 0 saturated carbocycles. The van der Waals surface area contributed by atoms with Gasteiger partial charge < -0.3 is 20.1 Å². The highest BCUT2D eigenvalue weighted by atomic mass is 16.3. The second-order valence-corrected chi connectivity index (χ2v) is 4.73. The molecule has 96 valence electrons. The first kappa shape index (κ1) is 11.4. The van der Waals surface area contributed by atoms with Crippen LogP contribution in [-0.2, 0) is 0 Å². The normalized spacial score (nSPS) is 24.0. The van der Waals surface area contributed by atoms with Crippen LogP contribution in [0.15, 0.2) is 18.6 Å². The number of hydrogen-bond acceptors (Lipinski definition) is 5. The van der Waals surface area contributed by atoms with Gasteiger partial charge in [0.1, 0.15) is 11.8 Å². The van der Waals surface area contributed by atoms with E-state index in [2.05, 4.69) is 19.9 Å². The van der Waals surface area contributed by atoms with Gasteiger partial charge in [0.15, 0.2) is 5.82 Å². The summed E-state index contributed by atoms with van der Waals surface area (Å²) in [7, 11) is 0. The molecule has 2 atom stereocenters. The topological polar surface area (TPSA) is 85.3 Å². The number of rotatable bonds is 3. The number of fused-ring (bicyclic) bond motifs is 1. The van der Waals surface area contributed by atoms with Gasteiger partial charge in [0, 0.05) is 44.3 Å². The van der Waals surface area contributed by atoms with Gasteiger partial charge >= 0.3 is 0 Å². The van der Waals surface area contributed by atoms with Crippen molar-refractivity contribution in [3.63, 3.8) is 0 Å². The second kappa shape index (κ2) is 4.55. The molecule has 6 nitrogen and oxygen atoms in total. The molecule has 3 rings (SSSR count). The highest BCUT2D eigenvalue weighted by molar-refractivity contribution is 5.85. The third-order valence-corrected chi connectivity index (χ3v) is 3.67. The van der Waals surface area contributed by atoms with Gasteiger partial charge in [-0.1, -0.05) is 0 Å². The summed E-state index contributed by atoms with van der Waals surface area (Å²) in [6, 6.07) is 1.91. The van der Waals surface area contributed by atoms with Crippen molar-refractivity contribution in [1.29, 1.82) is 0 Å². The molecule has 0 amide bonds. The lowest BCUT2D eigenvalue weighted by molar-refractivity contribution is 0.152. The van der Waals surface area contributed by atoms with Crippen LogP contribution in [0.1, 0.15) is 0 Å². The molecule has 1 aliphatic rings. The lowest BCUT2D eigenvalue weighted by Gasteiger charge is -2.17. The van der Waals surface area contributed by atoms with E-state index in [0.717, 1.165) is 16.9 Å². The molecule has 2 aromatic rings. The number of nitrogens with zero attached hydrogens (tertiary/aromatic N) is 3. The van der Waals surface area contributed by atoms with Crippen LogP contribution in [0.3, 0.4) is 0 Å². The Balaban J connectivity index is 1.94. The Bertz CT molecular complexity index is 530. The Kier molecular flexibility index (Phi) is 2.89. The quantitative estimate of drug-likeness (QED) is 0.711. The summed E-state index contributed by atoms with van der Waals surface area (Å²) in [5, 5.41) is 18.7. The molecule has 0 aliphatic carbocycles.